The average molecular weight is 323 g/mol. The zero-order valence-corrected chi connectivity index (χ0v) is 14.6. The summed E-state index contributed by atoms with van der Waals surface area (Å²) in [5.74, 6) is 0.787. The van der Waals surface area contributed by atoms with E-state index in [9.17, 15) is 9.90 Å². The van der Waals surface area contributed by atoms with Gasteiger partial charge in [0, 0.05) is 18.2 Å². The molecule has 1 aliphatic rings. The molecule has 0 fully saturated rings. The molecule has 0 aromatic heterocycles. The molecule has 2 aromatic carbocycles. The molecule has 3 nitrogen and oxygen atoms in total. The first kappa shape index (κ1) is 16.6. The number of nitrogens with zero attached hydrogens (tertiary/aromatic N) is 1. The summed E-state index contributed by atoms with van der Waals surface area (Å²) in [5.41, 5.74) is 4.20. The number of aryl methyl sites for hydroxylation is 1. The van der Waals surface area contributed by atoms with Crippen molar-refractivity contribution in [1.29, 1.82) is 0 Å². The van der Waals surface area contributed by atoms with Crippen molar-refractivity contribution in [2.45, 2.75) is 39.7 Å². The van der Waals surface area contributed by atoms with Crippen LogP contribution in [0.15, 0.2) is 42.5 Å². The Kier molecular flexibility index (Phi) is 4.61. The van der Waals surface area contributed by atoms with Crippen molar-refractivity contribution in [3.8, 4) is 5.75 Å². The highest BCUT2D eigenvalue weighted by Gasteiger charge is 2.30. The van der Waals surface area contributed by atoms with Crippen LogP contribution in [-0.4, -0.2) is 28.5 Å². The van der Waals surface area contributed by atoms with Crippen molar-refractivity contribution in [3.63, 3.8) is 0 Å². The number of aromatic hydroxyl groups is 1. The predicted octanol–water partition coefficient (Wildman–Crippen LogP) is 3.97. The fourth-order valence-electron chi connectivity index (χ4n) is 3.60. The maximum atomic E-state index is 13.2. The molecule has 0 saturated carbocycles. The van der Waals surface area contributed by atoms with Gasteiger partial charge in [-0.15, -0.1) is 0 Å². The van der Waals surface area contributed by atoms with E-state index in [1.54, 1.807) is 6.07 Å². The molecule has 1 unspecified atom stereocenters. The quantitative estimate of drug-likeness (QED) is 0.908. The smallest absolute Gasteiger partial charge is 0.254 e. The summed E-state index contributed by atoms with van der Waals surface area (Å²) in [6.45, 7) is 7.02. The first-order valence-corrected chi connectivity index (χ1v) is 8.64. The zero-order valence-electron chi connectivity index (χ0n) is 14.6. The predicted molar refractivity (Wildman–Crippen MR) is 96.4 cm³/mol. The summed E-state index contributed by atoms with van der Waals surface area (Å²) in [4.78, 5) is 15.2. The van der Waals surface area contributed by atoms with Crippen molar-refractivity contribution in [3.05, 3.63) is 64.7 Å². The van der Waals surface area contributed by atoms with Crippen LogP contribution >= 0.6 is 0 Å². The molecule has 1 heterocycles. The molecule has 0 radical (unpaired) electrons. The molecule has 24 heavy (non-hydrogen) atoms. The van der Waals surface area contributed by atoms with E-state index in [0.717, 1.165) is 29.5 Å². The van der Waals surface area contributed by atoms with E-state index in [-0.39, 0.29) is 11.9 Å². The number of rotatable bonds is 2. The van der Waals surface area contributed by atoms with Crippen LogP contribution in [-0.2, 0) is 12.8 Å². The van der Waals surface area contributed by atoms with Gasteiger partial charge in [-0.25, -0.2) is 0 Å². The monoisotopic (exact) mass is 323 g/mol. The molecule has 0 spiro atoms. The summed E-state index contributed by atoms with van der Waals surface area (Å²) >= 11 is 0. The lowest BCUT2D eigenvalue weighted by Gasteiger charge is -2.33. The average Bonchev–Trinajstić information content (AvgIpc) is 2.74. The standard InChI is InChI=1S/C21H25NO2/c1-14(2)20-13-16-8-9-18(23)12-17(16)10-11-22(20)21(24)19-7-5-4-6-15(19)3/h4-9,12,14,20,23H,10-11,13H2,1-3H3. The largest absolute Gasteiger partial charge is 0.508 e. The normalized spacial score (nSPS) is 17.5. The van der Waals surface area contributed by atoms with Gasteiger partial charge in [-0.1, -0.05) is 38.1 Å². The number of hydrogen-bond acceptors (Lipinski definition) is 2. The van der Waals surface area contributed by atoms with Gasteiger partial charge < -0.3 is 10.0 Å². The molecule has 1 amide bonds. The van der Waals surface area contributed by atoms with Crippen LogP contribution in [0.3, 0.4) is 0 Å². The maximum absolute atomic E-state index is 13.2. The van der Waals surface area contributed by atoms with Gasteiger partial charge in [0.15, 0.2) is 0 Å². The first-order chi connectivity index (χ1) is 11.5. The van der Waals surface area contributed by atoms with Crippen LogP contribution in [0.1, 0.15) is 40.9 Å². The molecule has 1 N–H and O–H groups in total. The SMILES string of the molecule is Cc1ccccc1C(=O)N1CCc2cc(O)ccc2CC1C(C)C. The Morgan fingerprint density at radius 2 is 1.92 bits per heavy atom. The van der Waals surface area contributed by atoms with E-state index in [1.807, 2.05) is 48.2 Å². The number of fused-ring (bicyclic) bond motifs is 1. The zero-order chi connectivity index (χ0) is 17.3. The lowest BCUT2D eigenvalue weighted by Crippen LogP contribution is -2.44. The van der Waals surface area contributed by atoms with Gasteiger partial charge >= 0.3 is 0 Å². The molecule has 0 saturated heterocycles. The molecule has 1 atom stereocenters. The summed E-state index contributed by atoms with van der Waals surface area (Å²) in [6.07, 6.45) is 1.62. The Bertz CT molecular complexity index is 751. The Balaban J connectivity index is 1.96. The van der Waals surface area contributed by atoms with Crippen molar-refractivity contribution < 1.29 is 9.90 Å². The van der Waals surface area contributed by atoms with E-state index in [0.29, 0.717) is 18.2 Å². The van der Waals surface area contributed by atoms with Gasteiger partial charge in [0.25, 0.3) is 5.91 Å². The lowest BCUT2D eigenvalue weighted by molar-refractivity contribution is 0.0635. The lowest BCUT2D eigenvalue weighted by atomic mass is 9.93. The van der Waals surface area contributed by atoms with Gasteiger partial charge in [0.2, 0.25) is 0 Å². The fourth-order valence-corrected chi connectivity index (χ4v) is 3.60. The highest BCUT2D eigenvalue weighted by Crippen LogP contribution is 2.28. The minimum absolute atomic E-state index is 0.115. The third-order valence-corrected chi connectivity index (χ3v) is 5.05. The third-order valence-electron chi connectivity index (χ3n) is 5.05. The van der Waals surface area contributed by atoms with E-state index in [4.69, 9.17) is 0 Å². The van der Waals surface area contributed by atoms with Crippen molar-refractivity contribution in [2.75, 3.05) is 6.54 Å². The van der Waals surface area contributed by atoms with Gasteiger partial charge in [0.05, 0.1) is 0 Å². The number of hydrogen-bond donors (Lipinski definition) is 1. The maximum Gasteiger partial charge on any atom is 0.254 e. The number of carbonyl (C=O) groups excluding carboxylic acids is 1. The van der Waals surface area contributed by atoms with Crippen LogP contribution in [0.2, 0.25) is 0 Å². The summed E-state index contributed by atoms with van der Waals surface area (Å²) in [5, 5.41) is 9.76. The Hall–Kier alpha value is -2.29. The second kappa shape index (κ2) is 6.68. The second-order valence-corrected chi connectivity index (χ2v) is 7.03. The molecular weight excluding hydrogens is 298 g/mol. The van der Waals surface area contributed by atoms with E-state index >= 15 is 0 Å². The molecule has 0 aliphatic carbocycles. The minimum atomic E-state index is 0.115. The van der Waals surface area contributed by atoms with Crippen LogP contribution in [0.4, 0.5) is 0 Å². The van der Waals surface area contributed by atoms with E-state index in [2.05, 4.69) is 13.8 Å². The van der Waals surface area contributed by atoms with Gasteiger partial charge in [0.1, 0.15) is 5.75 Å². The molecule has 3 rings (SSSR count). The van der Waals surface area contributed by atoms with Crippen molar-refractivity contribution in [1.82, 2.24) is 4.90 Å². The summed E-state index contributed by atoms with van der Waals surface area (Å²) in [6, 6.07) is 13.6. The van der Waals surface area contributed by atoms with Crippen molar-refractivity contribution >= 4 is 5.91 Å². The van der Waals surface area contributed by atoms with E-state index in [1.165, 1.54) is 5.56 Å². The van der Waals surface area contributed by atoms with Crippen LogP contribution in [0.5, 0.6) is 5.75 Å². The molecule has 2 aromatic rings. The first-order valence-electron chi connectivity index (χ1n) is 8.64. The van der Waals surface area contributed by atoms with Gasteiger partial charge in [-0.05, 0) is 60.6 Å². The number of carbonyl (C=O) groups is 1. The highest BCUT2D eigenvalue weighted by atomic mass is 16.3. The minimum Gasteiger partial charge on any atom is -0.508 e. The molecule has 126 valence electrons. The van der Waals surface area contributed by atoms with Crippen molar-refractivity contribution in [2.24, 2.45) is 5.92 Å². The molecular formula is C21H25NO2. The number of benzene rings is 2. The summed E-state index contributed by atoms with van der Waals surface area (Å²) < 4.78 is 0. The Morgan fingerprint density at radius 1 is 1.17 bits per heavy atom. The summed E-state index contributed by atoms with van der Waals surface area (Å²) in [7, 11) is 0. The number of phenols is 1. The van der Waals surface area contributed by atoms with Gasteiger partial charge in [-0.2, -0.15) is 0 Å². The number of amides is 1. The third kappa shape index (κ3) is 3.16. The fraction of sp³-hybridized carbons (Fsp3) is 0.381. The Labute approximate surface area is 143 Å². The Morgan fingerprint density at radius 3 is 2.62 bits per heavy atom. The molecule has 0 bridgehead atoms. The number of phenolic OH excluding ortho intramolecular Hbond substituents is 1. The van der Waals surface area contributed by atoms with E-state index < -0.39 is 0 Å². The van der Waals surface area contributed by atoms with Crippen LogP contribution in [0.25, 0.3) is 0 Å². The molecule has 3 heteroatoms. The second-order valence-electron chi connectivity index (χ2n) is 7.03. The van der Waals surface area contributed by atoms with Crippen LogP contribution in [0, 0.1) is 12.8 Å². The van der Waals surface area contributed by atoms with Crippen LogP contribution < -0.4 is 0 Å². The molecule has 1 aliphatic heterocycles. The highest BCUT2D eigenvalue weighted by molar-refractivity contribution is 5.96. The van der Waals surface area contributed by atoms with Gasteiger partial charge in [-0.3, -0.25) is 4.79 Å². The topological polar surface area (TPSA) is 40.5 Å².